The highest BCUT2D eigenvalue weighted by Crippen LogP contribution is 2.25. The summed E-state index contributed by atoms with van der Waals surface area (Å²) in [5, 5.41) is 12.9. The first-order valence-corrected chi connectivity index (χ1v) is 14.0. The Bertz CT molecular complexity index is 1470. The number of carbonyl (C=O) groups excluding carboxylic acids is 1. The van der Waals surface area contributed by atoms with Crippen LogP contribution in [0.3, 0.4) is 0 Å². The van der Waals surface area contributed by atoms with Gasteiger partial charge in [-0.25, -0.2) is 9.97 Å². The van der Waals surface area contributed by atoms with Gasteiger partial charge in [0.2, 0.25) is 0 Å². The van der Waals surface area contributed by atoms with E-state index in [4.69, 9.17) is 19.8 Å². The highest BCUT2D eigenvalue weighted by molar-refractivity contribution is 7.99. The van der Waals surface area contributed by atoms with Crippen LogP contribution >= 0.6 is 11.8 Å². The Morgan fingerprint density at radius 1 is 1.08 bits per heavy atom. The first kappa shape index (κ1) is 27.0. The number of aromatic nitrogens is 4. The summed E-state index contributed by atoms with van der Waals surface area (Å²) in [7, 11) is 0. The lowest BCUT2D eigenvalue weighted by Crippen LogP contribution is -2.45. The molecular weight excluding hydrogens is 512 g/mol. The molecule has 1 saturated heterocycles. The lowest BCUT2D eigenvalue weighted by molar-refractivity contribution is -0.00545. The van der Waals surface area contributed by atoms with Crippen LogP contribution in [0.4, 0.5) is 5.82 Å². The van der Waals surface area contributed by atoms with E-state index < -0.39 is 0 Å². The number of ether oxygens (including phenoxy) is 1. The van der Waals surface area contributed by atoms with Crippen LogP contribution in [-0.4, -0.2) is 68.6 Å². The van der Waals surface area contributed by atoms with Crippen LogP contribution in [0.25, 0.3) is 22.3 Å². The predicted octanol–water partition coefficient (Wildman–Crippen LogP) is 4.02. The minimum absolute atomic E-state index is 0.0673. The number of fused-ring (bicyclic) bond motifs is 1. The molecule has 1 fully saturated rings. The molecule has 0 unspecified atom stereocenters. The monoisotopic (exact) mass is 544 g/mol. The van der Waals surface area contributed by atoms with Crippen molar-refractivity contribution in [2.75, 3.05) is 30.3 Å². The summed E-state index contributed by atoms with van der Waals surface area (Å²) in [5.74, 6) is 1.23. The van der Waals surface area contributed by atoms with Gasteiger partial charge in [0.15, 0.2) is 0 Å². The van der Waals surface area contributed by atoms with E-state index in [0.29, 0.717) is 17.0 Å². The lowest BCUT2D eigenvalue weighted by atomic mass is 10.1. The number of thioether (sulfide) groups is 1. The number of hydrogen-bond donors (Lipinski definition) is 2. The molecule has 0 aliphatic carbocycles. The molecule has 2 N–H and O–H groups in total. The fourth-order valence-electron chi connectivity index (χ4n) is 4.62. The highest BCUT2D eigenvalue weighted by Gasteiger charge is 2.23. The molecule has 1 amide bonds. The summed E-state index contributed by atoms with van der Waals surface area (Å²) in [5.41, 5.74) is 4.36. The van der Waals surface area contributed by atoms with Crippen molar-refractivity contribution in [3.05, 3.63) is 71.8 Å². The van der Waals surface area contributed by atoms with Crippen molar-refractivity contribution >= 4 is 34.4 Å². The normalized spacial score (nSPS) is 17.4. The number of aliphatic hydroxyl groups excluding tert-OH is 1. The minimum atomic E-state index is -0.232. The van der Waals surface area contributed by atoms with Crippen LogP contribution in [0.5, 0.6) is 0 Å². The number of morpholine rings is 1. The van der Waals surface area contributed by atoms with E-state index in [2.05, 4.69) is 34.0 Å². The highest BCUT2D eigenvalue weighted by atomic mass is 32.2. The zero-order valence-corrected chi connectivity index (χ0v) is 23.1. The Morgan fingerprint density at radius 2 is 1.87 bits per heavy atom. The van der Waals surface area contributed by atoms with Crippen LogP contribution in [0.1, 0.15) is 35.6 Å². The molecule has 0 bridgehead atoms. The zero-order valence-electron chi connectivity index (χ0n) is 22.3. The van der Waals surface area contributed by atoms with Gasteiger partial charge in [-0.05, 0) is 57.2 Å². The number of carbonyl (C=O) groups is 1. The first-order chi connectivity index (χ1) is 18.9. The Balaban J connectivity index is 1.31. The second-order valence-electron chi connectivity index (χ2n) is 9.67. The number of nitrogens with one attached hydrogen (secondary N) is 1. The summed E-state index contributed by atoms with van der Waals surface area (Å²) in [6.45, 7) is 7.98. The Labute approximate surface area is 232 Å². The largest absolute Gasteiger partial charge is 0.396 e. The topological polar surface area (TPSA) is 113 Å². The van der Waals surface area contributed by atoms with Gasteiger partial charge in [-0.3, -0.25) is 14.8 Å². The molecule has 39 heavy (non-hydrogen) atoms. The fraction of sp³-hybridized carbons (Fsp3) is 0.345. The molecule has 2 atom stereocenters. The zero-order chi connectivity index (χ0) is 27.4. The molecule has 0 spiro atoms. The van der Waals surface area contributed by atoms with Gasteiger partial charge in [0.05, 0.1) is 59.2 Å². The van der Waals surface area contributed by atoms with Gasteiger partial charge in [-0.15, -0.1) is 11.8 Å². The lowest BCUT2D eigenvalue weighted by Gasteiger charge is -2.36. The summed E-state index contributed by atoms with van der Waals surface area (Å²) in [4.78, 5) is 34.5. The quantitative estimate of drug-likeness (QED) is 0.318. The molecule has 202 valence electrons. The van der Waals surface area contributed by atoms with E-state index in [-0.39, 0.29) is 31.3 Å². The fourth-order valence-corrected chi connectivity index (χ4v) is 5.40. The number of nitrogens with zero attached hydrogens (tertiary/aromatic N) is 5. The molecule has 9 nitrogen and oxygen atoms in total. The predicted molar refractivity (Wildman–Crippen MR) is 153 cm³/mol. The number of pyridine rings is 4. The summed E-state index contributed by atoms with van der Waals surface area (Å²) < 4.78 is 5.87. The van der Waals surface area contributed by atoms with Crippen molar-refractivity contribution in [1.82, 2.24) is 25.3 Å². The van der Waals surface area contributed by atoms with E-state index in [9.17, 15) is 4.79 Å². The van der Waals surface area contributed by atoms with Crippen molar-refractivity contribution in [1.29, 1.82) is 0 Å². The summed E-state index contributed by atoms with van der Waals surface area (Å²) in [6.07, 6.45) is 3.64. The number of amides is 1. The molecule has 0 radical (unpaired) electrons. The molecule has 1 aliphatic rings. The maximum atomic E-state index is 12.8. The number of aryl methyl sites for hydroxylation is 1. The van der Waals surface area contributed by atoms with Gasteiger partial charge in [-0.2, -0.15) is 0 Å². The molecule has 0 aromatic carbocycles. The molecule has 0 saturated carbocycles. The van der Waals surface area contributed by atoms with E-state index in [1.807, 2.05) is 43.3 Å². The van der Waals surface area contributed by atoms with Crippen molar-refractivity contribution in [2.24, 2.45) is 0 Å². The summed E-state index contributed by atoms with van der Waals surface area (Å²) >= 11 is 1.48. The van der Waals surface area contributed by atoms with Gasteiger partial charge in [0, 0.05) is 41.5 Å². The SMILES string of the molecule is Cc1ncc(C(=O)NCc2cc3nc(-c4cccc(N5C[C@@H](C)O[C@@H](C)C5)n4)ccc3cn2)cc1SCCO. The second-order valence-corrected chi connectivity index (χ2v) is 10.8. The van der Waals surface area contributed by atoms with Crippen molar-refractivity contribution < 1.29 is 14.6 Å². The molecule has 4 aromatic heterocycles. The average Bonchev–Trinajstić information content (AvgIpc) is 2.94. The molecule has 4 aromatic rings. The van der Waals surface area contributed by atoms with Gasteiger partial charge in [0.1, 0.15) is 5.82 Å². The molecule has 1 aliphatic heterocycles. The Morgan fingerprint density at radius 3 is 2.67 bits per heavy atom. The maximum absolute atomic E-state index is 12.8. The van der Waals surface area contributed by atoms with Crippen LogP contribution in [0.2, 0.25) is 0 Å². The molecule has 10 heteroatoms. The van der Waals surface area contributed by atoms with Gasteiger partial charge in [0.25, 0.3) is 5.91 Å². The Kier molecular flexibility index (Phi) is 8.35. The third-order valence-corrected chi connectivity index (χ3v) is 7.56. The van der Waals surface area contributed by atoms with Crippen LogP contribution in [0, 0.1) is 6.92 Å². The van der Waals surface area contributed by atoms with Gasteiger partial charge < -0.3 is 20.1 Å². The van der Waals surface area contributed by atoms with Crippen molar-refractivity contribution in [2.45, 2.75) is 44.4 Å². The number of anilines is 1. The number of hydrogen-bond acceptors (Lipinski definition) is 9. The molecule has 5 rings (SSSR count). The van der Waals surface area contributed by atoms with E-state index in [1.165, 1.54) is 11.8 Å². The minimum Gasteiger partial charge on any atom is -0.396 e. The standard InChI is InChI=1S/C29H32N6O3S/c1-18-16-35(17-19(2)38-18)28-6-4-5-24(34-28)25-8-7-21-13-31-23(12-26(21)33-25)15-32-29(37)22-11-27(39-10-9-36)20(3)30-14-22/h4-8,11-14,18-19,36H,9-10,15-17H2,1-3H3,(H,32,37)/t18-,19+. The maximum Gasteiger partial charge on any atom is 0.253 e. The molecular formula is C29H32N6O3S. The first-order valence-electron chi connectivity index (χ1n) is 13.0. The van der Waals surface area contributed by atoms with Crippen LogP contribution in [-0.2, 0) is 11.3 Å². The number of rotatable bonds is 8. The number of aliphatic hydroxyl groups is 1. The summed E-state index contributed by atoms with van der Waals surface area (Å²) in [6, 6.07) is 13.6. The van der Waals surface area contributed by atoms with Gasteiger partial charge in [-0.1, -0.05) is 6.07 Å². The average molecular weight is 545 g/mol. The van der Waals surface area contributed by atoms with Crippen LogP contribution < -0.4 is 10.2 Å². The third-order valence-electron chi connectivity index (χ3n) is 6.45. The van der Waals surface area contributed by atoms with Crippen molar-refractivity contribution in [3.63, 3.8) is 0 Å². The van der Waals surface area contributed by atoms with Crippen LogP contribution in [0.15, 0.2) is 59.8 Å². The van der Waals surface area contributed by atoms with E-state index >= 15 is 0 Å². The second kappa shape index (κ2) is 12.1. The van der Waals surface area contributed by atoms with Crippen molar-refractivity contribution in [3.8, 4) is 11.4 Å². The Hall–Kier alpha value is -3.60. The smallest absolute Gasteiger partial charge is 0.253 e. The van der Waals surface area contributed by atoms with E-state index in [0.717, 1.165) is 51.8 Å². The van der Waals surface area contributed by atoms with E-state index in [1.54, 1.807) is 18.5 Å². The third kappa shape index (κ3) is 6.52. The molecule has 5 heterocycles. The van der Waals surface area contributed by atoms with Gasteiger partial charge >= 0.3 is 0 Å².